The fourth-order valence-corrected chi connectivity index (χ4v) is 2.98. The van der Waals surface area contributed by atoms with E-state index in [2.05, 4.69) is 46.1 Å². The minimum atomic E-state index is 0.151. The van der Waals surface area contributed by atoms with E-state index >= 15 is 0 Å². The number of likely N-dealkylation sites (N-methyl/N-ethyl adjacent to an activating group) is 1. The number of rotatable bonds is 7. The molecule has 0 radical (unpaired) electrons. The Morgan fingerprint density at radius 1 is 1.43 bits per heavy atom. The molecule has 0 bridgehead atoms. The van der Waals surface area contributed by atoms with Gasteiger partial charge < -0.3 is 14.8 Å². The van der Waals surface area contributed by atoms with E-state index in [0.29, 0.717) is 6.61 Å². The molecule has 0 amide bonds. The number of para-hydroxylation sites is 1. The monoisotopic (exact) mass is 356 g/mol. The maximum absolute atomic E-state index is 6.06. The lowest BCUT2D eigenvalue weighted by Gasteiger charge is -2.32. The number of halogens is 1. The molecule has 5 heteroatoms. The molecule has 1 aliphatic rings. The van der Waals surface area contributed by atoms with Crippen molar-refractivity contribution in [2.45, 2.75) is 26.5 Å². The molecule has 1 heterocycles. The Balaban J connectivity index is 1.95. The standard InChI is InChI=1S/C16H25BrN2O2/c1-3-18-10-13-6-5-7-15(17)16(13)21-12-14-11-19(4-2)8-9-20-14/h5-7,14,18H,3-4,8-12H2,1-2H3. The third-order valence-electron chi connectivity index (χ3n) is 3.70. The van der Waals surface area contributed by atoms with E-state index in [1.807, 2.05) is 12.1 Å². The van der Waals surface area contributed by atoms with E-state index in [9.17, 15) is 0 Å². The summed E-state index contributed by atoms with van der Waals surface area (Å²) in [6.45, 7) is 10.5. The molecule has 0 aromatic heterocycles. The highest BCUT2D eigenvalue weighted by Crippen LogP contribution is 2.29. The highest BCUT2D eigenvalue weighted by molar-refractivity contribution is 9.10. The predicted octanol–water partition coefficient (Wildman–Crippen LogP) is 2.66. The second kappa shape index (κ2) is 8.73. The third kappa shape index (κ3) is 4.95. The maximum Gasteiger partial charge on any atom is 0.138 e. The lowest BCUT2D eigenvalue weighted by atomic mass is 10.2. The van der Waals surface area contributed by atoms with Crippen LogP contribution in [-0.4, -0.2) is 50.4 Å². The van der Waals surface area contributed by atoms with Crippen molar-refractivity contribution in [3.63, 3.8) is 0 Å². The fourth-order valence-electron chi connectivity index (χ4n) is 2.46. The summed E-state index contributed by atoms with van der Waals surface area (Å²) in [5, 5.41) is 3.35. The van der Waals surface area contributed by atoms with Crippen molar-refractivity contribution >= 4 is 15.9 Å². The molecule has 1 unspecified atom stereocenters. The van der Waals surface area contributed by atoms with Gasteiger partial charge in [0.25, 0.3) is 0 Å². The topological polar surface area (TPSA) is 33.7 Å². The van der Waals surface area contributed by atoms with Crippen LogP contribution in [0.15, 0.2) is 22.7 Å². The van der Waals surface area contributed by atoms with E-state index in [1.54, 1.807) is 0 Å². The number of morpholine rings is 1. The first-order chi connectivity index (χ1) is 10.2. The van der Waals surface area contributed by atoms with E-state index in [-0.39, 0.29) is 6.10 Å². The zero-order valence-corrected chi connectivity index (χ0v) is 14.5. The van der Waals surface area contributed by atoms with Gasteiger partial charge in [-0.1, -0.05) is 26.0 Å². The molecule has 2 rings (SSSR count). The average molecular weight is 357 g/mol. The molecule has 1 atom stereocenters. The zero-order valence-electron chi connectivity index (χ0n) is 12.9. The van der Waals surface area contributed by atoms with Crippen molar-refractivity contribution in [1.82, 2.24) is 10.2 Å². The normalized spacial score (nSPS) is 19.7. The van der Waals surface area contributed by atoms with Crippen LogP contribution in [-0.2, 0) is 11.3 Å². The molecular weight excluding hydrogens is 332 g/mol. The Morgan fingerprint density at radius 3 is 3.05 bits per heavy atom. The molecule has 21 heavy (non-hydrogen) atoms. The van der Waals surface area contributed by atoms with Gasteiger partial charge >= 0.3 is 0 Å². The number of hydrogen-bond acceptors (Lipinski definition) is 4. The quantitative estimate of drug-likeness (QED) is 0.814. The number of benzene rings is 1. The molecule has 1 aromatic carbocycles. The van der Waals surface area contributed by atoms with Gasteiger partial charge in [-0.15, -0.1) is 0 Å². The van der Waals surface area contributed by atoms with Crippen LogP contribution in [0.5, 0.6) is 5.75 Å². The number of hydrogen-bond donors (Lipinski definition) is 1. The molecule has 1 aliphatic heterocycles. The summed E-state index contributed by atoms with van der Waals surface area (Å²) in [7, 11) is 0. The van der Waals surface area contributed by atoms with Crippen LogP contribution < -0.4 is 10.1 Å². The van der Waals surface area contributed by atoms with Crippen LogP contribution in [0.4, 0.5) is 0 Å². The second-order valence-electron chi connectivity index (χ2n) is 5.21. The lowest BCUT2D eigenvalue weighted by molar-refractivity contribution is -0.0466. The van der Waals surface area contributed by atoms with Gasteiger partial charge in [0.05, 0.1) is 11.1 Å². The SMILES string of the molecule is CCNCc1cccc(Br)c1OCC1CN(CC)CCO1. The Labute approximate surface area is 135 Å². The van der Waals surface area contributed by atoms with Crippen molar-refractivity contribution in [2.75, 3.05) is 39.4 Å². The van der Waals surface area contributed by atoms with Crippen LogP contribution in [0.2, 0.25) is 0 Å². The molecule has 0 saturated carbocycles. The predicted molar refractivity (Wildman–Crippen MR) is 88.9 cm³/mol. The molecule has 1 fully saturated rings. The van der Waals surface area contributed by atoms with Crippen molar-refractivity contribution in [2.24, 2.45) is 0 Å². The molecule has 118 valence electrons. The molecule has 0 spiro atoms. The van der Waals surface area contributed by atoms with Gasteiger partial charge in [-0.25, -0.2) is 0 Å². The molecule has 1 N–H and O–H groups in total. The highest BCUT2D eigenvalue weighted by Gasteiger charge is 2.20. The lowest BCUT2D eigenvalue weighted by Crippen LogP contribution is -2.44. The van der Waals surface area contributed by atoms with Gasteiger partial charge in [0, 0.05) is 25.2 Å². The van der Waals surface area contributed by atoms with Gasteiger partial charge in [-0.2, -0.15) is 0 Å². The fraction of sp³-hybridized carbons (Fsp3) is 0.625. The molecular formula is C16H25BrN2O2. The Hall–Kier alpha value is -0.620. The minimum Gasteiger partial charge on any atom is -0.489 e. The Morgan fingerprint density at radius 2 is 2.29 bits per heavy atom. The van der Waals surface area contributed by atoms with E-state index < -0.39 is 0 Å². The van der Waals surface area contributed by atoms with Crippen LogP contribution in [0, 0.1) is 0 Å². The summed E-state index contributed by atoms with van der Waals surface area (Å²) in [5.41, 5.74) is 1.18. The summed E-state index contributed by atoms with van der Waals surface area (Å²) < 4.78 is 12.9. The number of nitrogens with zero attached hydrogens (tertiary/aromatic N) is 1. The summed E-state index contributed by atoms with van der Waals surface area (Å²) >= 11 is 3.59. The van der Waals surface area contributed by atoms with Gasteiger partial charge in [0.15, 0.2) is 0 Å². The highest BCUT2D eigenvalue weighted by atomic mass is 79.9. The summed E-state index contributed by atoms with van der Waals surface area (Å²) in [5.74, 6) is 0.927. The van der Waals surface area contributed by atoms with E-state index in [0.717, 1.165) is 49.6 Å². The minimum absolute atomic E-state index is 0.151. The van der Waals surface area contributed by atoms with Crippen LogP contribution >= 0.6 is 15.9 Å². The Bertz CT molecular complexity index is 442. The average Bonchev–Trinajstić information content (AvgIpc) is 2.52. The van der Waals surface area contributed by atoms with Gasteiger partial charge in [-0.05, 0) is 35.1 Å². The van der Waals surface area contributed by atoms with Crippen LogP contribution in [0.3, 0.4) is 0 Å². The van der Waals surface area contributed by atoms with Gasteiger partial charge in [0.1, 0.15) is 18.5 Å². The van der Waals surface area contributed by atoms with Crippen molar-refractivity contribution in [3.8, 4) is 5.75 Å². The third-order valence-corrected chi connectivity index (χ3v) is 4.32. The molecule has 1 saturated heterocycles. The number of ether oxygens (including phenoxy) is 2. The first-order valence-electron chi connectivity index (χ1n) is 7.69. The zero-order chi connectivity index (χ0) is 15.1. The van der Waals surface area contributed by atoms with Crippen LogP contribution in [0.25, 0.3) is 0 Å². The summed E-state index contributed by atoms with van der Waals surface area (Å²) in [6.07, 6.45) is 0.151. The summed E-state index contributed by atoms with van der Waals surface area (Å²) in [6, 6.07) is 6.16. The van der Waals surface area contributed by atoms with Crippen molar-refractivity contribution < 1.29 is 9.47 Å². The molecule has 4 nitrogen and oxygen atoms in total. The van der Waals surface area contributed by atoms with E-state index in [4.69, 9.17) is 9.47 Å². The smallest absolute Gasteiger partial charge is 0.138 e. The van der Waals surface area contributed by atoms with Crippen molar-refractivity contribution in [1.29, 1.82) is 0 Å². The van der Waals surface area contributed by atoms with Gasteiger partial charge in [-0.3, -0.25) is 4.90 Å². The van der Waals surface area contributed by atoms with Crippen LogP contribution in [0.1, 0.15) is 19.4 Å². The first-order valence-corrected chi connectivity index (χ1v) is 8.48. The summed E-state index contributed by atoms with van der Waals surface area (Å²) in [4.78, 5) is 2.40. The molecule has 0 aliphatic carbocycles. The van der Waals surface area contributed by atoms with E-state index in [1.165, 1.54) is 5.56 Å². The first kappa shape index (κ1) is 16.7. The maximum atomic E-state index is 6.06. The van der Waals surface area contributed by atoms with Crippen molar-refractivity contribution in [3.05, 3.63) is 28.2 Å². The second-order valence-corrected chi connectivity index (χ2v) is 6.06. The number of nitrogens with one attached hydrogen (secondary N) is 1. The van der Waals surface area contributed by atoms with Gasteiger partial charge in [0.2, 0.25) is 0 Å². The largest absolute Gasteiger partial charge is 0.489 e. The Kier molecular flexibility index (Phi) is 6.96. The molecule has 1 aromatic rings.